The van der Waals surface area contributed by atoms with Crippen molar-refractivity contribution in [3.05, 3.63) is 17.3 Å². The van der Waals surface area contributed by atoms with Crippen LogP contribution in [-0.2, 0) is 19.1 Å². The van der Waals surface area contributed by atoms with E-state index in [1.54, 1.807) is 0 Å². The van der Waals surface area contributed by atoms with Crippen LogP contribution in [0.5, 0.6) is 0 Å². The third kappa shape index (κ3) is 2.22. The Labute approximate surface area is 90.7 Å². The Bertz CT molecular complexity index is 557. The Kier molecular flexibility index (Phi) is 2.88. The summed E-state index contributed by atoms with van der Waals surface area (Å²) in [6.45, 7) is 0. The van der Waals surface area contributed by atoms with E-state index in [1.807, 2.05) is 0 Å². The number of halogens is 2. The Balaban J connectivity index is 3.68. The summed E-state index contributed by atoms with van der Waals surface area (Å²) in [4.78, 5) is 0. The van der Waals surface area contributed by atoms with E-state index in [1.165, 1.54) is 0 Å². The van der Waals surface area contributed by atoms with Gasteiger partial charge in [-0.2, -0.15) is 0 Å². The van der Waals surface area contributed by atoms with Crippen molar-refractivity contribution in [2.75, 3.05) is 6.26 Å². The zero-order valence-electron chi connectivity index (χ0n) is 6.81. The molecule has 5 nitrogen and oxygen atoms in total. The fourth-order valence-corrected chi connectivity index (χ4v) is 3.94. The summed E-state index contributed by atoms with van der Waals surface area (Å²) in [5.41, 5.74) is 0. The normalized spacial score (nSPS) is 13.1. The topological polar surface area (TPSA) is 73.2 Å². The van der Waals surface area contributed by atoms with Crippen molar-refractivity contribution in [3.63, 3.8) is 0 Å². The molecule has 0 aromatic carbocycles. The summed E-state index contributed by atoms with van der Waals surface area (Å²) in [5.74, 6) is 0. The maximum atomic E-state index is 11.1. The Morgan fingerprint density at radius 2 is 1.71 bits per heavy atom. The van der Waals surface area contributed by atoms with Gasteiger partial charge >= 0.3 is 0 Å². The Hall–Kier alpha value is -0.240. The molecule has 0 aliphatic carbocycles. The first kappa shape index (κ1) is 11.8. The number of rotatable bonds is 2. The molecule has 1 aromatic heterocycles. The van der Waals surface area contributed by atoms with Gasteiger partial charge in [0, 0.05) is 10.7 Å². The van der Waals surface area contributed by atoms with Gasteiger partial charge in [0.2, 0.25) is 10.0 Å². The van der Waals surface area contributed by atoms with E-state index >= 15 is 0 Å². The molecule has 1 heterocycles. The van der Waals surface area contributed by atoms with Gasteiger partial charge < -0.3 is 0 Å². The average molecular weight is 278 g/mol. The summed E-state index contributed by atoms with van der Waals surface area (Å²) in [6, 6.07) is 2.16. The lowest BCUT2D eigenvalue weighted by molar-refractivity contribution is 0.581. The van der Waals surface area contributed by atoms with E-state index in [-0.39, 0.29) is 5.15 Å². The van der Waals surface area contributed by atoms with Crippen molar-refractivity contribution in [3.8, 4) is 0 Å². The zero-order valence-corrected chi connectivity index (χ0v) is 9.95. The molecular formula is C5H5Cl2NO4S2. The van der Waals surface area contributed by atoms with E-state index in [9.17, 15) is 16.8 Å². The van der Waals surface area contributed by atoms with Crippen LogP contribution in [0.15, 0.2) is 17.2 Å². The number of aromatic nitrogens is 1. The Morgan fingerprint density at radius 3 is 2.00 bits per heavy atom. The highest BCUT2D eigenvalue weighted by Gasteiger charge is 2.23. The van der Waals surface area contributed by atoms with Crippen molar-refractivity contribution >= 4 is 41.4 Å². The second-order valence-electron chi connectivity index (χ2n) is 2.46. The van der Waals surface area contributed by atoms with E-state index < -0.39 is 24.1 Å². The number of nitrogens with zero attached hydrogens (tertiary/aromatic N) is 1. The molecule has 0 fully saturated rings. The molecule has 80 valence electrons. The highest BCUT2D eigenvalue weighted by molar-refractivity contribution is 8.14. The molecule has 9 heteroatoms. The summed E-state index contributed by atoms with van der Waals surface area (Å²) in [7, 11) is -2.90. The van der Waals surface area contributed by atoms with Crippen LogP contribution in [0, 0.1) is 0 Å². The molecule has 0 N–H and O–H groups in total. The van der Waals surface area contributed by atoms with E-state index in [2.05, 4.69) is 0 Å². The molecule has 1 rings (SSSR count). The molecule has 0 saturated heterocycles. The van der Waals surface area contributed by atoms with Gasteiger partial charge in [-0.05, 0) is 12.1 Å². The van der Waals surface area contributed by atoms with Crippen LogP contribution in [0.4, 0.5) is 0 Å². The van der Waals surface area contributed by atoms with Crippen LogP contribution in [0.2, 0.25) is 5.15 Å². The van der Waals surface area contributed by atoms with E-state index in [0.29, 0.717) is 3.97 Å². The second kappa shape index (κ2) is 3.41. The first-order chi connectivity index (χ1) is 6.14. The van der Waals surface area contributed by atoms with Gasteiger partial charge in [-0.25, -0.2) is 20.8 Å². The highest BCUT2D eigenvalue weighted by Crippen LogP contribution is 2.23. The van der Waals surface area contributed by atoms with Crippen molar-refractivity contribution in [2.24, 2.45) is 0 Å². The molecule has 0 aliphatic heterocycles. The fourth-order valence-electron chi connectivity index (χ4n) is 0.883. The lowest BCUT2D eigenvalue weighted by atomic mass is 10.7. The SMILES string of the molecule is CS(=O)(=O)n1c(Cl)ccc1S(=O)(=O)Cl. The van der Waals surface area contributed by atoms with Crippen molar-refractivity contribution in [1.82, 2.24) is 3.97 Å². The second-order valence-corrected chi connectivity index (χ2v) is 7.19. The quantitative estimate of drug-likeness (QED) is 0.753. The zero-order chi connectivity index (χ0) is 11.1. The molecule has 0 saturated carbocycles. The average Bonchev–Trinajstić information content (AvgIpc) is 2.27. The molecule has 0 atom stereocenters. The number of hydrogen-bond acceptors (Lipinski definition) is 4. The summed E-state index contributed by atoms with van der Waals surface area (Å²) in [6.07, 6.45) is 0.824. The van der Waals surface area contributed by atoms with Gasteiger partial charge in [-0.15, -0.1) is 0 Å². The van der Waals surface area contributed by atoms with Gasteiger partial charge in [-0.1, -0.05) is 11.6 Å². The number of hydrogen-bond donors (Lipinski definition) is 0. The minimum Gasteiger partial charge on any atom is -0.215 e. The molecular weight excluding hydrogens is 273 g/mol. The summed E-state index contributed by atoms with van der Waals surface area (Å²) < 4.78 is 44.6. The lowest BCUT2D eigenvalue weighted by Gasteiger charge is -2.04. The first-order valence-electron chi connectivity index (χ1n) is 3.16. The summed E-state index contributed by atoms with van der Waals surface area (Å²) >= 11 is 5.50. The summed E-state index contributed by atoms with van der Waals surface area (Å²) in [5, 5.41) is -0.793. The van der Waals surface area contributed by atoms with Gasteiger partial charge in [-0.3, -0.25) is 0 Å². The largest absolute Gasteiger partial charge is 0.277 e. The van der Waals surface area contributed by atoms with Crippen LogP contribution in [0.1, 0.15) is 0 Å². The maximum Gasteiger partial charge on any atom is 0.277 e. The van der Waals surface area contributed by atoms with Crippen LogP contribution in [-0.4, -0.2) is 27.1 Å². The fraction of sp³-hybridized carbons (Fsp3) is 0.200. The third-order valence-electron chi connectivity index (χ3n) is 1.34. The molecule has 0 spiro atoms. The third-order valence-corrected chi connectivity index (χ3v) is 4.20. The minimum absolute atomic E-state index is 0.230. The lowest BCUT2D eigenvalue weighted by Crippen LogP contribution is -2.14. The van der Waals surface area contributed by atoms with Crippen molar-refractivity contribution in [1.29, 1.82) is 0 Å². The van der Waals surface area contributed by atoms with Crippen LogP contribution in [0.25, 0.3) is 0 Å². The standard InChI is InChI=1S/C5H5Cl2NO4S2/c1-13(9,10)8-4(6)2-3-5(8)14(7,11)12/h2-3H,1H3. The van der Waals surface area contributed by atoms with Gasteiger partial charge in [0.25, 0.3) is 9.05 Å². The van der Waals surface area contributed by atoms with Crippen molar-refractivity contribution in [2.45, 2.75) is 5.03 Å². The van der Waals surface area contributed by atoms with Crippen LogP contribution in [0.3, 0.4) is 0 Å². The van der Waals surface area contributed by atoms with Crippen LogP contribution < -0.4 is 0 Å². The Morgan fingerprint density at radius 1 is 1.21 bits per heavy atom. The smallest absolute Gasteiger partial charge is 0.215 e. The first-order valence-corrected chi connectivity index (χ1v) is 7.70. The highest BCUT2D eigenvalue weighted by atomic mass is 35.7. The molecule has 0 bridgehead atoms. The molecule has 0 amide bonds. The molecule has 1 aromatic rings. The predicted molar refractivity (Wildman–Crippen MR) is 52.7 cm³/mol. The monoisotopic (exact) mass is 277 g/mol. The van der Waals surface area contributed by atoms with Gasteiger partial charge in [0.1, 0.15) is 5.15 Å². The molecule has 0 radical (unpaired) electrons. The van der Waals surface area contributed by atoms with Crippen LogP contribution >= 0.6 is 22.3 Å². The maximum absolute atomic E-state index is 11.1. The van der Waals surface area contributed by atoms with Gasteiger partial charge in [0.15, 0.2) is 5.03 Å². The van der Waals surface area contributed by atoms with E-state index in [4.69, 9.17) is 22.3 Å². The molecule has 14 heavy (non-hydrogen) atoms. The van der Waals surface area contributed by atoms with Crippen molar-refractivity contribution < 1.29 is 16.8 Å². The predicted octanol–water partition coefficient (Wildman–Crippen LogP) is 0.877. The molecule has 0 aliphatic rings. The van der Waals surface area contributed by atoms with Gasteiger partial charge in [0.05, 0.1) is 6.26 Å². The molecule has 0 unspecified atom stereocenters. The minimum atomic E-state index is -4.12. The van der Waals surface area contributed by atoms with E-state index in [0.717, 1.165) is 18.4 Å².